The predicted molar refractivity (Wildman–Crippen MR) is 190 cm³/mol. The monoisotopic (exact) mass is 658 g/mol. The van der Waals surface area contributed by atoms with Crippen LogP contribution in [0.1, 0.15) is 72.9 Å². The van der Waals surface area contributed by atoms with Crippen LogP contribution in [-0.2, 0) is 23.1 Å². The number of halogens is 2. The highest BCUT2D eigenvalue weighted by Crippen LogP contribution is 2.42. The van der Waals surface area contributed by atoms with Crippen LogP contribution in [0.4, 0.5) is 4.39 Å². The number of nitrogens with one attached hydrogen (secondary N) is 1. The highest BCUT2D eigenvalue weighted by Gasteiger charge is 2.34. The maximum absolute atomic E-state index is 13.2. The van der Waals surface area contributed by atoms with Crippen LogP contribution >= 0.6 is 12.4 Å². The first-order valence-electron chi connectivity index (χ1n) is 16.5. The average molecular weight is 659 g/mol. The summed E-state index contributed by atoms with van der Waals surface area (Å²) in [5, 5.41) is 3.14. The Labute approximate surface area is 285 Å². The molecule has 0 bridgehead atoms. The number of fused-ring (bicyclic) bond motifs is 1. The van der Waals surface area contributed by atoms with Gasteiger partial charge >= 0.3 is 0 Å². The summed E-state index contributed by atoms with van der Waals surface area (Å²) in [6.07, 6.45) is 5.81. The van der Waals surface area contributed by atoms with Gasteiger partial charge < -0.3 is 14.8 Å². The number of hydrogen-bond acceptors (Lipinski definition) is 4. The van der Waals surface area contributed by atoms with E-state index in [1.54, 1.807) is 26.4 Å². The van der Waals surface area contributed by atoms with Crippen LogP contribution in [0.25, 0.3) is 0 Å². The number of amides is 1. The number of methoxy groups -OCH3 is 2. The standard InChI is InChI=1S/C40H47FN2O3.ClH/c1-30-36-29-38(46-3)37(45-2)28-32(36)22-27-43(30)26-11-24-40(33-12-6-4-7-13-33,34-14-8-5-9-15-34)23-10-25-42-39(44)21-18-31-16-19-35(41)20-17-31;/h4-9,12-17,19-20,28-30H,10-11,18,21-27H2,1-3H3,(H,42,44);1H. The lowest BCUT2D eigenvalue weighted by molar-refractivity contribution is -0.121. The van der Waals surface area contributed by atoms with Gasteiger partial charge in [0.15, 0.2) is 11.5 Å². The molecule has 0 radical (unpaired) electrons. The van der Waals surface area contributed by atoms with Crippen LogP contribution in [-0.4, -0.2) is 44.7 Å². The van der Waals surface area contributed by atoms with E-state index in [2.05, 4.69) is 89.9 Å². The summed E-state index contributed by atoms with van der Waals surface area (Å²) in [4.78, 5) is 15.3. The van der Waals surface area contributed by atoms with Gasteiger partial charge in [0, 0.05) is 31.0 Å². The molecule has 0 saturated heterocycles. The average Bonchev–Trinajstić information content (AvgIpc) is 3.10. The molecule has 1 N–H and O–H groups in total. The molecule has 1 atom stereocenters. The number of rotatable bonds is 15. The number of carbonyl (C=O) groups excluding carboxylic acids is 1. The summed E-state index contributed by atoms with van der Waals surface area (Å²) >= 11 is 0. The second-order valence-electron chi connectivity index (χ2n) is 12.4. The van der Waals surface area contributed by atoms with Crippen molar-refractivity contribution in [3.63, 3.8) is 0 Å². The van der Waals surface area contributed by atoms with Gasteiger partial charge in [0.1, 0.15) is 5.82 Å². The number of nitrogens with zero attached hydrogens (tertiary/aromatic N) is 1. The highest BCUT2D eigenvalue weighted by atomic mass is 35.5. The van der Waals surface area contributed by atoms with Gasteiger partial charge in [0.25, 0.3) is 0 Å². The van der Waals surface area contributed by atoms with E-state index in [1.165, 1.54) is 34.4 Å². The third-order valence-electron chi connectivity index (χ3n) is 9.67. The summed E-state index contributed by atoms with van der Waals surface area (Å²) in [5.74, 6) is 1.35. The number of aryl methyl sites for hydroxylation is 1. The molecule has 0 saturated carbocycles. The molecule has 1 amide bonds. The van der Waals surface area contributed by atoms with Crippen molar-refractivity contribution in [2.24, 2.45) is 0 Å². The maximum atomic E-state index is 13.2. The first-order chi connectivity index (χ1) is 22.4. The van der Waals surface area contributed by atoms with Crippen molar-refractivity contribution < 1.29 is 18.7 Å². The second-order valence-corrected chi connectivity index (χ2v) is 12.4. The lowest BCUT2D eigenvalue weighted by Gasteiger charge is -2.39. The molecule has 5 rings (SSSR count). The molecular weight excluding hydrogens is 611 g/mol. The van der Waals surface area contributed by atoms with E-state index in [-0.39, 0.29) is 35.6 Å². The van der Waals surface area contributed by atoms with Crippen molar-refractivity contribution in [3.8, 4) is 11.5 Å². The molecule has 47 heavy (non-hydrogen) atoms. The normalized spacial score (nSPS) is 14.5. The summed E-state index contributed by atoms with van der Waals surface area (Å²) in [5.41, 5.74) is 6.08. The topological polar surface area (TPSA) is 50.8 Å². The van der Waals surface area contributed by atoms with Crippen molar-refractivity contribution in [1.82, 2.24) is 10.2 Å². The third kappa shape index (κ3) is 8.94. The molecule has 1 aliphatic heterocycles. The molecule has 0 aromatic heterocycles. The lowest BCUT2D eigenvalue weighted by Crippen LogP contribution is -2.36. The first-order valence-corrected chi connectivity index (χ1v) is 16.5. The predicted octanol–water partition coefficient (Wildman–Crippen LogP) is 8.48. The minimum absolute atomic E-state index is 0. The van der Waals surface area contributed by atoms with Crippen molar-refractivity contribution in [2.45, 2.75) is 63.3 Å². The summed E-state index contributed by atoms with van der Waals surface area (Å²) in [7, 11) is 3.39. The molecule has 4 aromatic carbocycles. The van der Waals surface area contributed by atoms with Crippen LogP contribution in [0.15, 0.2) is 97.1 Å². The largest absolute Gasteiger partial charge is 0.493 e. The molecule has 5 nitrogen and oxygen atoms in total. The summed E-state index contributed by atoms with van der Waals surface area (Å²) in [6.45, 7) is 4.92. The Balaban J connectivity index is 0.00000500. The zero-order valence-electron chi connectivity index (χ0n) is 27.8. The van der Waals surface area contributed by atoms with Gasteiger partial charge in [-0.15, -0.1) is 12.4 Å². The molecule has 7 heteroatoms. The Kier molecular flexibility index (Phi) is 13.3. The van der Waals surface area contributed by atoms with E-state index in [0.29, 0.717) is 19.4 Å². The second kappa shape index (κ2) is 17.3. The molecule has 0 spiro atoms. The smallest absolute Gasteiger partial charge is 0.220 e. The highest BCUT2D eigenvalue weighted by molar-refractivity contribution is 5.85. The minimum Gasteiger partial charge on any atom is -0.493 e. The van der Waals surface area contributed by atoms with Gasteiger partial charge in [0.05, 0.1) is 14.2 Å². The zero-order chi connectivity index (χ0) is 32.4. The van der Waals surface area contributed by atoms with Gasteiger partial charge in [-0.2, -0.15) is 0 Å². The van der Waals surface area contributed by atoms with Gasteiger partial charge in [0.2, 0.25) is 5.91 Å². The van der Waals surface area contributed by atoms with Crippen LogP contribution in [0.3, 0.4) is 0 Å². The van der Waals surface area contributed by atoms with Crippen LogP contribution in [0.5, 0.6) is 11.5 Å². The van der Waals surface area contributed by atoms with Crippen molar-refractivity contribution in [3.05, 3.63) is 131 Å². The summed E-state index contributed by atoms with van der Waals surface area (Å²) in [6, 6.07) is 32.7. The summed E-state index contributed by atoms with van der Waals surface area (Å²) < 4.78 is 24.4. The van der Waals surface area contributed by atoms with Crippen molar-refractivity contribution in [2.75, 3.05) is 33.9 Å². The number of carbonyl (C=O) groups is 1. The SMILES string of the molecule is COc1cc2c(cc1OC)C(C)N(CCCC(CCCNC(=O)CCc1ccc(F)cc1)(c1ccccc1)c1ccccc1)CC2.Cl. The molecule has 1 aliphatic rings. The van der Waals surface area contributed by atoms with Crippen LogP contribution < -0.4 is 14.8 Å². The fourth-order valence-corrected chi connectivity index (χ4v) is 7.08. The number of hydrogen-bond donors (Lipinski definition) is 1. The Morgan fingerprint density at radius 1 is 0.872 bits per heavy atom. The third-order valence-corrected chi connectivity index (χ3v) is 9.67. The van der Waals surface area contributed by atoms with E-state index in [9.17, 15) is 9.18 Å². The zero-order valence-corrected chi connectivity index (χ0v) is 28.7. The van der Waals surface area contributed by atoms with E-state index in [0.717, 1.165) is 62.3 Å². The van der Waals surface area contributed by atoms with E-state index in [4.69, 9.17) is 9.47 Å². The molecule has 0 fully saturated rings. The van der Waals surface area contributed by atoms with Gasteiger partial charge in [-0.25, -0.2) is 4.39 Å². The van der Waals surface area contributed by atoms with Crippen LogP contribution in [0.2, 0.25) is 0 Å². The molecule has 4 aromatic rings. The molecule has 1 heterocycles. The Morgan fingerprint density at radius 2 is 1.47 bits per heavy atom. The van der Waals surface area contributed by atoms with Gasteiger partial charge in [-0.1, -0.05) is 72.8 Å². The maximum Gasteiger partial charge on any atom is 0.220 e. The Bertz CT molecular complexity index is 1510. The van der Waals surface area contributed by atoms with Crippen LogP contribution in [0, 0.1) is 5.82 Å². The quantitative estimate of drug-likeness (QED) is 0.130. The van der Waals surface area contributed by atoms with E-state index >= 15 is 0 Å². The molecule has 250 valence electrons. The van der Waals surface area contributed by atoms with E-state index < -0.39 is 0 Å². The minimum atomic E-state index is -0.258. The van der Waals surface area contributed by atoms with Crippen molar-refractivity contribution >= 4 is 18.3 Å². The Morgan fingerprint density at radius 3 is 2.09 bits per heavy atom. The lowest BCUT2D eigenvalue weighted by atomic mass is 9.68. The van der Waals surface area contributed by atoms with Crippen molar-refractivity contribution in [1.29, 1.82) is 0 Å². The first kappa shape index (κ1) is 36.0. The molecule has 1 unspecified atom stereocenters. The molecule has 0 aliphatic carbocycles. The number of benzene rings is 4. The fourth-order valence-electron chi connectivity index (χ4n) is 7.08. The Hall–Kier alpha value is -3.87. The van der Waals surface area contributed by atoms with Gasteiger partial charge in [-0.05, 0) is 104 Å². The van der Waals surface area contributed by atoms with Gasteiger partial charge in [-0.3, -0.25) is 9.69 Å². The van der Waals surface area contributed by atoms with E-state index in [1.807, 2.05) is 0 Å². The molecular formula is C40H48ClFN2O3. The fraction of sp³-hybridized carbons (Fsp3) is 0.375. The number of ether oxygens (including phenoxy) is 2.